The summed E-state index contributed by atoms with van der Waals surface area (Å²) < 4.78 is 0. The second-order valence-corrected chi connectivity index (χ2v) is 5.76. The SMILES string of the molecule is Cc1nc(-c2cc(C)[nH]n2)cc([C@H]2CCCN(C)C2)n1. The van der Waals surface area contributed by atoms with E-state index in [9.17, 15) is 0 Å². The Labute approximate surface area is 119 Å². The number of likely N-dealkylation sites (tertiary alicyclic amines) is 1. The predicted molar refractivity (Wildman–Crippen MR) is 78.6 cm³/mol. The number of hydrogen-bond donors (Lipinski definition) is 1. The van der Waals surface area contributed by atoms with Crippen LogP contribution in [0.3, 0.4) is 0 Å². The van der Waals surface area contributed by atoms with Gasteiger partial charge in [0.05, 0.1) is 5.69 Å². The van der Waals surface area contributed by atoms with Gasteiger partial charge in [-0.25, -0.2) is 9.97 Å². The van der Waals surface area contributed by atoms with Crippen LogP contribution in [0.15, 0.2) is 12.1 Å². The molecule has 5 nitrogen and oxygen atoms in total. The normalized spacial score (nSPS) is 20.2. The number of aromatic amines is 1. The Morgan fingerprint density at radius 1 is 1.20 bits per heavy atom. The molecule has 0 spiro atoms. The topological polar surface area (TPSA) is 57.7 Å². The summed E-state index contributed by atoms with van der Waals surface area (Å²) in [6.07, 6.45) is 2.45. The van der Waals surface area contributed by atoms with Crippen LogP contribution in [0.1, 0.15) is 36.0 Å². The van der Waals surface area contributed by atoms with Gasteiger partial charge in [0.15, 0.2) is 0 Å². The number of hydrogen-bond acceptors (Lipinski definition) is 4. The highest BCUT2D eigenvalue weighted by atomic mass is 15.1. The molecule has 0 aromatic carbocycles. The maximum absolute atomic E-state index is 4.65. The molecule has 20 heavy (non-hydrogen) atoms. The van der Waals surface area contributed by atoms with Crippen LogP contribution in [0.5, 0.6) is 0 Å². The molecular weight excluding hydrogens is 250 g/mol. The Hall–Kier alpha value is -1.75. The molecule has 3 rings (SSSR count). The van der Waals surface area contributed by atoms with Gasteiger partial charge in [-0.1, -0.05) is 0 Å². The van der Waals surface area contributed by atoms with Crippen molar-refractivity contribution in [3.8, 4) is 11.4 Å². The van der Waals surface area contributed by atoms with Gasteiger partial charge in [0.1, 0.15) is 11.5 Å². The van der Waals surface area contributed by atoms with E-state index in [-0.39, 0.29) is 0 Å². The third-order valence-electron chi connectivity index (χ3n) is 3.87. The minimum Gasteiger partial charge on any atom is -0.306 e. The van der Waals surface area contributed by atoms with Crippen molar-refractivity contribution in [2.75, 3.05) is 20.1 Å². The van der Waals surface area contributed by atoms with Crippen molar-refractivity contribution in [2.24, 2.45) is 0 Å². The molecule has 0 amide bonds. The number of nitrogens with zero attached hydrogens (tertiary/aromatic N) is 4. The quantitative estimate of drug-likeness (QED) is 0.910. The monoisotopic (exact) mass is 271 g/mol. The zero-order chi connectivity index (χ0) is 14.1. The van der Waals surface area contributed by atoms with E-state index in [1.165, 1.54) is 19.4 Å². The molecule has 1 aliphatic rings. The molecule has 3 heterocycles. The van der Waals surface area contributed by atoms with E-state index in [0.29, 0.717) is 5.92 Å². The van der Waals surface area contributed by atoms with Crippen LogP contribution in [-0.2, 0) is 0 Å². The van der Waals surface area contributed by atoms with Crippen LogP contribution in [0.4, 0.5) is 0 Å². The number of nitrogens with one attached hydrogen (secondary N) is 1. The standard InChI is InChI=1S/C15H21N5/c1-10-7-15(19-18-10)14-8-13(16-11(2)17-14)12-5-4-6-20(3)9-12/h7-8,12H,4-6,9H2,1-3H3,(H,18,19)/t12-/m0/s1. The molecule has 1 N–H and O–H groups in total. The average Bonchev–Trinajstić information content (AvgIpc) is 2.85. The van der Waals surface area contributed by atoms with Crippen molar-refractivity contribution in [3.05, 3.63) is 29.3 Å². The predicted octanol–water partition coefficient (Wildman–Crippen LogP) is 2.29. The first-order valence-electron chi connectivity index (χ1n) is 7.18. The lowest BCUT2D eigenvalue weighted by Gasteiger charge is -2.29. The Bertz CT molecular complexity index is 604. The minimum absolute atomic E-state index is 0.509. The molecule has 1 atom stereocenters. The van der Waals surface area contributed by atoms with Crippen LogP contribution in [0.2, 0.25) is 0 Å². The van der Waals surface area contributed by atoms with Gasteiger partial charge >= 0.3 is 0 Å². The smallest absolute Gasteiger partial charge is 0.126 e. The van der Waals surface area contributed by atoms with E-state index >= 15 is 0 Å². The fourth-order valence-corrected chi connectivity index (χ4v) is 2.89. The van der Waals surface area contributed by atoms with Gasteiger partial charge in [0.2, 0.25) is 0 Å². The molecule has 1 fully saturated rings. The van der Waals surface area contributed by atoms with Crippen LogP contribution >= 0.6 is 0 Å². The van der Waals surface area contributed by atoms with Crippen molar-refractivity contribution >= 4 is 0 Å². The molecule has 1 saturated heterocycles. The highest BCUT2D eigenvalue weighted by molar-refractivity contribution is 5.54. The summed E-state index contributed by atoms with van der Waals surface area (Å²) in [5.41, 5.74) is 4.03. The molecule has 2 aromatic rings. The first-order chi connectivity index (χ1) is 9.61. The number of aromatic nitrogens is 4. The maximum atomic E-state index is 4.65. The number of likely N-dealkylation sites (N-methyl/N-ethyl adjacent to an activating group) is 1. The molecule has 5 heteroatoms. The summed E-state index contributed by atoms with van der Waals surface area (Å²) in [4.78, 5) is 11.6. The van der Waals surface area contributed by atoms with E-state index in [4.69, 9.17) is 0 Å². The Balaban J connectivity index is 1.94. The number of piperidine rings is 1. The largest absolute Gasteiger partial charge is 0.306 e. The number of H-pyrrole nitrogens is 1. The lowest BCUT2D eigenvalue weighted by atomic mass is 9.94. The second-order valence-electron chi connectivity index (χ2n) is 5.76. The van der Waals surface area contributed by atoms with Crippen molar-refractivity contribution in [1.29, 1.82) is 0 Å². The van der Waals surface area contributed by atoms with E-state index in [1.807, 2.05) is 19.9 Å². The molecule has 1 aliphatic heterocycles. The maximum Gasteiger partial charge on any atom is 0.126 e. The first-order valence-corrected chi connectivity index (χ1v) is 7.18. The van der Waals surface area contributed by atoms with Gasteiger partial charge in [-0.2, -0.15) is 5.10 Å². The Morgan fingerprint density at radius 3 is 2.75 bits per heavy atom. The Kier molecular flexibility index (Phi) is 3.53. The second kappa shape index (κ2) is 5.32. The summed E-state index contributed by atoms with van der Waals surface area (Å²) in [5, 5.41) is 7.28. The van der Waals surface area contributed by atoms with Crippen molar-refractivity contribution in [1.82, 2.24) is 25.1 Å². The molecule has 0 aliphatic carbocycles. The van der Waals surface area contributed by atoms with Crippen molar-refractivity contribution in [3.63, 3.8) is 0 Å². The van der Waals surface area contributed by atoms with Gasteiger partial charge < -0.3 is 4.90 Å². The van der Waals surface area contributed by atoms with E-state index in [0.717, 1.165) is 35.1 Å². The highest BCUT2D eigenvalue weighted by Crippen LogP contribution is 2.27. The average molecular weight is 271 g/mol. The zero-order valence-corrected chi connectivity index (χ0v) is 12.3. The summed E-state index contributed by atoms with van der Waals surface area (Å²) in [6.45, 7) is 6.22. The van der Waals surface area contributed by atoms with E-state index in [1.54, 1.807) is 0 Å². The molecule has 0 unspecified atom stereocenters. The van der Waals surface area contributed by atoms with Crippen LogP contribution in [0.25, 0.3) is 11.4 Å². The van der Waals surface area contributed by atoms with Crippen LogP contribution < -0.4 is 0 Å². The van der Waals surface area contributed by atoms with Crippen LogP contribution in [-0.4, -0.2) is 45.2 Å². The molecular formula is C15H21N5. The molecule has 2 aromatic heterocycles. The van der Waals surface area contributed by atoms with Crippen LogP contribution in [0, 0.1) is 13.8 Å². The van der Waals surface area contributed by atoms with Gasteiger partial charge in [0.25, 0.3) is 0 Å². The van der Waals surface area contributed by atoms with E-state index in [2.05, 4.69) is 38.2 Å². The van der Waals surface area contributed by atoms with Gasteiger partial charge in [0, 0.05) is 23.9 Å². The fraction of sp³-hybridized carbons (Fsp3) is 0.533. The molecule has 106 valence electrons. The number of rotatable bonds is 2. The summed E-state index contributed by atoms with van der Waals surface area (Å²) in [7, 11) is 2.18. The fourth-order valence-electron chi connectivity index (χ4n) is 2.89. The summed E-state index contributed by atoms with van der Waals surface area (Å²) in [5.74, 6) is 1.33. The lowest BCUT2D eigenvalue weighted by molar-refractivity contribution is 0.248. The van der Waals surface area contributed by atoms with Gasteiger partial charge in [-0.3, -0.25) is 5.10 Å². The third kappa shape index (κ3) is 2.72. The molecule has 0 bridgehead atoms. The molecule has 0 saturated carbocycles. The van der Waals surface area contributed by atoms with Gasteiger partial charge in [-0.15, -0.1) is 0 Å². The minimum atomic E-state index is 0.509. The van der Waals surface area contributed by atoms with Crippen molar-refractivity contribution < 1.29 is 0 Å². The van der Waals surface area contributed by atoms with Gasteiger partial charge in [-0.05, 0) is 52.4 Å². The number of aryl methyl sites for hydroxylation is 2. The summed E-state index contributed by atoms with van der Waals surface area (Å²) >= 11 is 0. The lowest BCUT2D eigenvalue weighted by Crippen LogP contribution is -2.31. The highest BCUT2D eigenvalue weighted by Gasteiger charge is 2.21. The Morgan fingerprint density at radius 2 is 2.05 bits per heavy atom. The van der Waals surface area contributed by atoms with E-state index < -0.39 is 0 Å². The zero-order valence-electron chi connectivity index (χ0n) is 12.3. The summed E-state index contributed by atoms with van der Waals surface area (Å²) in [6, 6.07) is 4.13. The molecule has 0 radical (unpaired) electrons. The first kappa shape index (κ1) is 13.2. The third-order valence-corrected chi connectivity index (χ3v) is 3.87. The van der Waals surface area contributed by atoms with Crippen molar-refractivity contribution in [2.45, 2.75) is 32.6 Å².